The maximum atomic E-state index is 11.5. The SMILES string of the molecule is COCCC1C(=O)NCC12CCC2. The monoisotopic (exact) mass is 183 g/mol. The predicted octanol–water partition coefficient (Wildman–Crippen LogP) is 0.939. The molecule has 1 saturated carbocycles. The van der Waals surface area contributed by atoms with E-state index in [-0.39, 0.29) is 11.8 Å². The maximum Gasteiger partial charge on any atom is 0.223 e. The third kappa shape index (κ3) is 1.35. The fourth-order valence-corrected chi connectivity index (χ4v) is 2.62. The van der Waals surface area contributed by atoms with Crippen molar-refractivity contribution in [3.63, 3.8) is 0 Å². The van der Waals surface area contributed by atoms with Gasteiger partial charge in [0.2, 0.25) is 5.91 Å². The van der Waals surface area contributed by atoms with Crippen LogP contribution < -0.4 is 5.32 Å². The molecule has 1 heterocycles. The molecule has 1 spiro atoms. The summed E-state index contributed by atoms with van der Waals surface area (Å²) in [6.45, 7) is 1.61. The number of carbonyl (C=O) groups excluding carboxylic acids is 1. The molecule has 0 aromatic carbocycles. The highest BCUT2D eigenvalue weighted by Gasteiger charge is 2.51. The van der Waals surface area contributed by atoms with E-state index in [4.69, 9.17) is 4.74 Å². The van der Waals surface area contributed by atoms with E-state index in [0.717, 1.165) is 13.0 Å². The summed E-state index contributed by atoms with van der Waals surface area (Å²) < 4.78 is 5.03. The van der Waals surface area contributed by atoms with E-state index in [0.29, 0.717) is 12.0 Å². The lowest BCUT2D eigenvalue weighted by Gasteiger charge is -2.41. The summed E-state index contributed by atoms with van der Waals surface area (Å²) in [6, 6.07) is 0. The van der Waals surface area contributed by atoms with Crippen LogP contribution in [0.1, 0.15) is 25.7 Å². The van der Waals surface area contributed by atoms with Crippen LogP contribution in [0.4, 0.5) is 0 Å². The molecule has 0 aromatic heterocycles. The Morgan fingerprint density at radius 2 is 2.38 bits per heavy atom. The molecule has 0 bridgehead atoms. The molecule has 1 saturated heterocycles. The van der Waals surface area contributed by atoms with Gasteiger partial charge in [0.05, 0.1) is 0 Å². The van der Waals surface area contributed by atoms with Crippen LogP contribution in [-0.2, 0) is 9.53 Å². The lowest BCUT2D eigenvalue weighted by Crippen LogP contribution is -2.38. The molecule has 3 heteroatoms. The second kappa shape index (κ2) is 3.29. The number of amides is 1. The lowest BCUT2D eigenvalue weighted by atomic mass is 9.62. The molecule has 1 aliphatic heterocycles. The number of nitrogens with one attached hydrogen (secondary N) is 1. The highest BCUT2D eigenvalue weighted by atomic mass is 16.5. The molecule has 1 atom stereocenters. The van der Waals surface area contributed by atoms with Crippen LogP contribution in [0.25, 0.3) is 0 Å². The van der Waals surface area contributed by atoms with E-state index in [2.05, 4.69) is 5.32 Å². The first kappa shape index (κ1) is 9.00. The normalized spacial score (nSPS) is 30.2. The molecule has 2 rings (SSSR count). The Morgan fingerprint density at radius 1 is 1.62 bits per heavy atom. The number of hydrogen-bond donors (Lipinski definition) is 1. The summed E-state index contributed by atoms with van der Waals surface area (Å²) in [4.78, 5) is 11.5. The van der Waals surface area contributed by atoms with Gasteiger partial charge in [0, 0.05) is 26.2 Å². The first-order valence-corrected chi connectivity index (χ1v) is 5.05. The van der Waals surface area contributed by atoms with Gasteiger partial charge in [0.25, 0.3) is 0 Å². The van der Waals surface area contributed by atoms with E-state index < -0.39 is 0 Å². The fourth-order valence-electron chi connectivity index (χ4n) is 2.62. The largest absolute Gasteiger partial charge is 0.385 e. The number of rotatable bonds is 3. The Bertz CT molecular complexity index is 211. The molecule has 3 nitrogen and oxygen atoms in total. The van der Waals surface area contributed by atoms with Crippen LogP contribution in [0.2, 0.25) is 0 Å². The Morgan fingerprint density at radius 3 is 2.92 bits per heavy atom. The second-order valence-electron chi connectivity index (χ2n) is 4.27. The molecule has 2 fully saturated rings. The van der Waals surface area contributed by atoms with Crippen LogP contribution in [-0.4, -0.2) is 26.2 Å². The van der Waals surface area contributed by atoms with Crippen molar-refractivity contribution in [1.82, 2.24) is 5.32 Å². The van der Waals surface area contributed by atoms with Crippen LogP contribution >= 0.6 is 0 Å². The zero-order chi connectivity index (χ0) is 9.31. The Kier molecular flexibility index (Phi) is 2.28. The van der Waals surface area contributed by atoms with Crippen molar-refractivity contribution in [3.8, 4) is 0 Å². The Balaban J connectivity index is 1.99. The minimum absolute atomic E-state index is 0.223. The summed E-state index contributed by atoms with van der Waals surface area (Å²) in [6.07, 6.45) is 4.63. The minimum Gasteiger partial charge on any atom is -0.385 e. The fraction of sp³-hybridized carbons (Fsp3) is 0.900. The first-order chi connectivity index (χ1) is 6.28. The molecular formula is C10H17NO2. The summed E-state index contributed by atoms with van der Waals surface area (Å²) in [5, 5.41) is 2.98. The quantitative estimate of drug-likeness (QED) is 0.707. The molecule has 1 amide bonds. The number of ether oxygens (including phenoxy) is 1. The van der Waals surface area contributed by atoms with Crippen molar-refractivity contribution >= 4 is 5.91 Å². The maximum absolute atomic E-state index is 11.5. The first-order valence-electron chi connectivity index (χ1n) is 5.05. The van der Waals surface area contributed by atoms with E-state index in [1.54, 1.807) is 7.11 Å². The van der Waals surface area contributed by atoms with E-state index >= 15 is 0 Å². The molecule has 0 radical (unpaired) electrons. The highest BCUT2D eigenvalue weighted by molar-refractivity contribution is 5.82. The van der Waals surface area contributed by atoms with E-state index in [1.807, 2.05) is 0 Å². The number of hydrogen-bond acceptors (Lipinski definition) is 2. The molecule has 1 aliphatic carbocycles. The highest BCUT2D eigenvalue weighted by Crippen LogP contribution is 2.50. The topological polar surface area (TPSA) is 38.3 Å². The van der Waals surface area contributed by atoms with Crippen LogP contribution in [0.5, 0.6) is 0 Å². The van der Waals surface area contributed by atoms with Crippen LogP contribution in [0.3, 0.4) is 0 Å². The minimum atomic E-state index is 0.223. The van der Waals surface area contributed by atoms with Crippen molar-refractivity contribution in [2.75, 3.05) is 20.3 Å². The molecule has 13 heavy (non-hydrogen) atoms. The summed E-state index contributed by atoms with van der Waals surface area (Å²) in [7, 11) is 1.69. The molecule has 74 valence electrons. The molecular weight excluding hydrogens is 166 g/mol. The Hall–Kier alpha value is -0.570. The number of carbonyl (C=O) groups is 1. The lowest BCUT2D eigenvalue weighted by molar-refractivity contribution is -0.125. The van der Waals surface area contributed by atoms with Crippen molar-refractivity contribution in [3.05, 3.63) is 0 Å². The van der Waals surface area contributed by atoms with Crippen molar-refractivity contribution < 1.29 is 9.53 Å². The van der Waals surface area contributed by atoms with Gasteiger partial charge in [-0.15, -0.1) is 0 Å². The average Bonchev–Trinajstić information content (AvgIpc) is 2.39. The zero-order valence-corrected chi connectivity index (χ0v) is 8.14. The molecule has 0 aromatic rings. The van der Waals surface area contributed by atoms with Gasteiger partial charge in [-0.25, -0.2) is 0 Å². The summed E-state index contributed by atoms with van der Waals surface area (Å²) in [5.41, 5.74) is 0.315. The smallest absolute Gasteiger partial charge is 0.223 e. The summed E-state index contributed by atoms with van der Waals surface area (Å²) in [5.74, 6) is 0.470. The predicted molar refractivity (Wildman–Crippen MR) is 49.3 cm³/mol. The standard InChI is InChI=1S/C10H17NO2/c1-13-6-3-8-9(12)11-7-10(8)4-2-5-10/h8H,2-7H2,1H3,(H,11,12). The van der Waals surface area contributed by atoms with Crippen molar-refractivity contribution in [2.24, 2.45) is 11.3 Å². The van der Waals surface area contributed by atoms with E-state index in [9.17, 15) is 4.79 Å². The number of methoxy groups -OCH3 is 1. The van der Waals surface area contributed by atoms with Gasteiger partial charge >= 0.3 is 0 Å². The second-order valence-corrected chi connectivity index (χ2v) is 4.27. The van der Waals surface area contributed by atoms with Gasteiger partial charge in [-0.2, -0.15) is 0 Å². The van der Waals surface area contributed by atoms with Gasteiger partial charge in [-0.1, -0.05) is 6.42 Å². The molecule has 1 N–H and O–H groups in total. The molecule has 1 unspecified atom stereocenters. The van der Waals surface area contributed by atoms with Crippen LogP contribution in [0, 0.1) is 11.3 Å². The van der Waals surface area contributed by atoms with Gasteiger partial charge in [0.15, 0.2) is 0 Å². The van der Waals surface area contributed by atoms with Crippen LogP contribution in [0.15, 0.2) is 0 Å². The average molecular weight is 183 g/mol. The van der Waals surface area contributed by atoms with Gasteiger partial charge in [-0.3, -0.25) is 4.79 Å². The van der Waals surface area contributed by atoms with Crippen molar-refractivity contribution in [2.45, 2.75) is 25.7 Å². The third-order valence-electron chi connectivity index (χ3n) is 3.63. The summed E-state index contributed by atoms with van der Waals surface area (Å²) >= 11 is 0. The van der Waals surface area contributed by atoms with Crippen molar-refractivity contribution in [1.29, 1.82) is 0 Å². The molecule has 2 aliphatic rings. The van der Waals surface area contributed by atoms with E-state index in [1.165, 1.54) is 19.3 Å². The Labute approximate surface area is 78.8 Å². The van der Waals surface area contributed by atoms with Gasteiger partial charge in [-0.05, 0) is 24.7 Å². The zero-order valence-electron chi connectivity index (χ0n) is 8.14. The van der Waals surface area contributed by atoms with Gasteiger partial charge < -0.3 is 10.1 Å². The van der Waals surface area contributed by atoms with Gasteiger partial charge in [0.1, 0.15) is 0 Å². The third-order valence-corrected chi connectivity index (χ3v) is 3.63.